The molecule has 7 heteroatoms. The number of carbonyl (C=O) groups is 1. The SMILES string of the molecule is NCCC(=O)NCC1CCCCN1Cc1csc(-c2cccs2)n1. The average Bonchev–Trinajstić information content (AvgIpc) is 3.25. The highest BCUT2D eigenvalue weighted by Gasteiger charge is 2.23. The Morgan fingerprint density at radius 1 is 1.42 bits per heavy atom. The minimum Gasteiger partial charge on any atom is -0.354 e. The zero-order chi connectivity index (χ0) is 16.8. The summed E-state index contributed by atoms with van der Waals surface area (Å²) < 4.78 is 0. The minimum atomic E-state index is 0.0525. The normalized spacial score (nSPS) is 18.6. The predicted molar refractivity (Wildman–Crippen MR) is 100 cm³/mol. The first-order valence-electron chi connectivity index (χ1n) is 8.45. The number of aromatic nitrogens is 1. The lowest BCUT2D eigenvalue weighted by Gasteiger charge is -2.35. The lowest BCUT2D eigenvalue weighted by Crippen LogP contribution is -2.46. The van der Waals surface area contributed by atoms with Gasteiger partial charge in [0.1, 0.15) is 5.01 Å². The van der Waals surface area contributed by atoms with Crippen molar-refractivity contribution in [2.75, 3.05) is 19.6 Å². The molecule has 1 saturated heterocycles. The molecule has 0 bridgehead atoms. The van der Waals surface area contributed by atoms with E-state index in [1.807, 2.05) is 0 Å². The lowest BCUT2D eigenvalue weighted by atomic mass is 10.0. The predicted octanol–water partition coefficient (Wildman–Crippen LogP) is 2.69. The van der Waals surface area contributed by atoms with E-state index in [4.69, 9.17) is 10.7 Å². The van der Waals surface area contributed by atoms with Crippen LogP contribution in [0.1, 0.15) is 31.4 Å². The molecule has 0 aliphatic carbocycles. The third-order valence-electron chi connectivity index (χ3n) is 4.30. The van der Waals surface area contributed by atoms with Gasteiger partial charge in [0.05, 0.1) is 10.6 Å². The molecule has 2 aromatic heterocycles. The van der Waals surface area contributed by atoms with E-state index in [1.165, 1.54) is 17.7 Å². The summed E-state index contributed by atoms with van der Waals surface area (Å²) in [7, 11) is 0. The van der Waals surface area contributed by atoms with Gasteiger partial charge in [-0.25, -0.2) is 4.98 Å². The molecular formula is C17H24N4OS2. The molecule has 1 fully saturated rings. The van der Waals surface area contributed by atoms with Gasteiger partial charge < -0.3 is 11.1 Å². The van der Waals surface area contributed by atoms with E-state index >= 15 is 0 Å². The number of amides is 1. The van der Waals surface area contributed by atoms with Crippen molar-refractivity contribution in [3.63, 3.8) is 0 Å². The highest BCUT2D eigenvalue weighted by molar-refractivity contribution is 7.20. The van der Waals surface area contributed by atoms with Crippen molar-refractivity contribution in [3.8, 4) is 9.88 Å². The van der Waals surface area contributed by atoms with Gasteiger partial charge in [0.15, 0.2) is 0 Å². The maximum Gasteiger partial charge on any atom is 0.221 e. The van der Waals surface area contributed by atoms with Gasteiger partial charge in [-0.05, 0) is 30.8 Å². The summed E-state index contributed by atoms with van der Waals surface area (Å²) in [4.78, 5) is 20.1. The highest BCUT2D eigenvalue weighted by atomic mass is 32.1. The first-order chi connectivity index (χ1) is 11.8. The van der Waals surface area contributed by atoms with Gasteiger partial charge in [-0.2, -0.15) is 0 Å². The van der Waals surface area contributed by atoms with Crippen LogP contribution in [-0.2, 0) is 11.3 Å². The van der Waals surface area contributed by atoms with Gasteiger partial charge in [-0.1, -0.05) is 12.5 Å². The van der Waals surface area contributed by atoms with Crippen LogP contribution < -0.4 is 11.1 Å². The van der Waals surface area contributed by atoms with E-state index in [0.29, 0.717) is 25.6 Å². The highest BCUT2D eigenvalue weighted by Crippen LogP contribution is 2.29. The summed E-state index contributed by atoms with van der Waals surface area (Å²) in [6, 6.07) is 4.57. The molecule has 1 unspecified atom stereocenters. The Bertz CT molecular complexity index is 641. The van der Waals surface area contributed by atoms with Crippen molar-refractivity contribution in [2.24, 2.45) is 5.73 Å². The van der Waals surface area contributed by atoms with Gasteiger partial charge in [0.25, 0.3) is 0 Å². The summed E-state index contributed by atoms with van der Waals surface area (Å²) >= 11 is 3.44. The van der Waals surface area contributed by atoms with E-state index < -0.39 is 0 Å². The van der Waals surface area contributed by atoms with Gasteiger partial charge in [0, 0.05) is 37.5 Å². The Morgan fingerprint density at radius 2 is 2.33 bits per heavy atom. The van der Waals surface area contributed by atoms with Crippen molar-refractivity contribution in [1.82, 2.24) is 15.2 Å². The van der Waals surface area contributed by atoms with Crippen molar-refractivity contribution in [2.45, 2.75) is 38.3 Å². The number of likely N-dealkylation sites (tertiary alicyclic amines) is 1. The lowest BCUT2D eigenvalue weighted by molar-refractivity contribution is -0.121. The number of carbonyl (C=O) groups excluding carboxylic acids is 1. The number of hydrogen-bond acceptors (Lipinski definition) is 6. The second kappa shape index (κ2) is 8.71. The molecule has 1 atom stereocenters. The van der Waals surface area contributed by atoms with Crippen LogP contribution in [0.5, 0.6) is 0 Å². The van der Waals surface area contributed by atoms with E-state index in [0.717, 1.165) is 30.2 Å². The molecule has 1 amide bonds. The van der Waals surface area contributed by atoms with Crippen LogP contribution in [0.15, 0.2) is 22.9 Å². The fourth-order valence-corrected chi connectivity index (χ4v) is 4.68. The van der Waals surface area contributed by atoms with E-state index in [1.54, 1.807) is 22.7 Å². The van der Waals surface area contributed by atoms with Crippen molar-refractivity contribution >= 4 is 28.6 Å². The molecule has 0 spiro atoms. The van der Waals surface area contributed by atoms with Crippen LogP contribution in [0.3, 0.4) is 0 Å². The number of piperidine rings is 1. The summed E-state index contributed by atoms with van der Waals surface area (Å²) in [5.74, 6) is 0.0525. The standard InChI is InChI=1S/C17H24N4OS2/c18-7-6-16(22)19-10-14-4-1-2-8-21(14)11-13-12-24-17(20-13)15-5-3-9-23-15/h3,5,9,12,14H,1-2,4,6-8,10-11,18H2,(H,19,22). The summed E-state index contributed by atoms with van der Waals surface area (Å²) in [5.41, 5.74) is 6.56. The van der Waals surface area contributed by atoms with E-state index in [2.05, 4.69) is 33.1 Å². The smallest absolute Gasteiger partial charge is 0.221 e. The van der Waals surface area contributed by atoms with E-state index in [-0.39, 0.29) is 5.91 Å². The average molecular weight is 365 g/mol. The largest absolute Gasteiger partial charge is 0.354 e. The first kappa shape index (κ1) is 17.5. The maximum atomic E-state index is 11.7. The molecule has 3 rings (SSSR count). The topological polar surface area (TPSA) is 71.2 Å². The fraction of sp³-hybridized carbons (Fsp3) is 0.529. The van der Waals surface area contributed by atoms with E-state index in [9.17, 15) is 4.79 Å². The molecule has 3 heterocycles. The summed E-state index contributed by atoms with van der Waals surface area (Å²) in [6.07, 6.45) is 3.98. The number of nitrogens with one attached hydrogen (secondary N) is 1. The van der Waals surface area contributed by atoms with Crippen LogP contribution in [0.2, 0.25) is 0 Å². The Balaban J connectivity index is 1.58. The minimum absolute atomic E-state index is 0.0525. The molecular weight excluding hydrogens is 340 g/mol. The second-order valence-electron chi connectivity index (χ2n) is 6.08. The van der Waals surface area contributed by atoms with Gasteiger partial charge in [0.2, 0.25) is 5.91 Å². The molecule has 1 aliphatic rings. The number of thiazole rings is 1. The van der Waals surface area contributed by atoms with Crippen LogP contribution in [0, 0.1) is 0 Å². The van der Waals surface area contributed by atoms with Gasteiger partial charge >= 0.3 is 0 Å². The maximum absolute atomic E-state index is 11.7. The molecule has 24 heavy (non-hydrogen) atoms. The zero-order valence-corrected chi connectivity index (χ0v) is 15.4. The molecule has 0 saturated carbocycles. The number of nitrogens with two attached hydrogens (primary N) is 1. The van der Waals surface area contributed by atoms with Crippen LogP contribution in [0.4, 0.5) is 0 Å². The molecule has 0 radical (unpaired) electrons. The van der Waals surface area contributed by atoms with Gasteiger partial charge in [-0.3, -0.25) is 9.69 Å². The third kappa shape index (κ3) is 4.63. The zero-order valence-electron chi connectivity index (χ0n) is 13.7. The quantitative estimate of drug-likeness (QED) is 0.792. The Morgan fingerprint density at radius 3 is 3.12 bits per heavy atom. The van der Waals surface area contributed by atoms with Crippen LogP contribution >= 0.6 is 22.7 Å². The molecule has 130 valence electrons. The fourth-order valence-electron chi connectivity index (χ4n) is 3.05. The number of rotatable bonds is 7. The Hall–Kier alpha value is -1.28. The van der Waals surface area contributed by atoms with Crippen LogP contribution in [-0.4, -0.2) is 41.5 Å². The molecule has 3 N–H and O–H groups in total. The van der Waals surface area contributed by atoms with Gasteiger partial charge in [-0.15, -0.1) is 22.7 Å². The second-order valence-corrected chi connectivity index (χ2v) is 7.89. The number of nitrogens with zero attached hydrogens (tertiary/aromatic N) is 2. The third-order valence-corrected chi connectivity index (χ3v) is 6.23. The molecule has 0 aromatic carbocycles. The Labute approximate surface area is 150 Å². The molecule has 1 aliphatic heterocycles. The van der Waals surface area contributed by atoms with Crippen LogP contribution in [0.25, 0.3) is 9.88 Å². The summed E-state index contributed by atoms with van der Waals surface area (Å²) in [6.45, 7) is 3.05. The summed E-state index contributed by atoms with van der Waals surface area (Å²) in [5, 5.41) is 8.37. The first-order valence-corrected chi connectivity index (χ1v) is 10.2. The monoisotopic (exact) mass is 364 g/mol. The number of thiophene rings is 1. The van der Waals surface area contributed by atoms with Crippen molar-refractivity contribution in [1.29, 1.82) is 0 Å². The number of hydrogen-bond donors (Lipinski definition) is 2. The van der Waals surface area contributed by atoms with Crippen molar-refractivity contribution < 1.29 is 4.79 Å². The van der Waals surface area contributed by atoms with Crippen molar-refractivity contribution in [3.05, 3.63) is 28.6 Å². The molecule has 5 nitrogen and oxygen atoms in total. The molecule has 2 aromatic rings. The Kier molecular flexibility index (Phi) is 6.37.